The predicted octanol–water partition coefficient (Wildman–Crippen LogP) is 2.25. The standard InChI is InChI=1S/C18H24N2O3S/c1-14-10-11-16(12-17(14)20(3)4)24(22,23)19-13-18(2,21)15-8-6-5-7-9-15/h5-12,19,21H,13H2,1-4H3. The Morgan fingerprint density at radius 1 is 1.12 bits per heavy atom. The van der Waals surface area contributed by atoms with Crippen molar-refractivity contribution in [2.24, 2.45) is 0 Å². The second kappa shape index (κ2) is 6.93. The van der Waals surface area contributed by atoms with Crippen LogP contribution in [-0.4, -0.2) is 34.2 Å². The number of anilines is 1. The van der Waals surface area contributed by atoms with Crippen molar-refractivity contribution in [3.63, 3.8) is 0 Å². The van der Waals surface area contributed by atoms with Crippen LogP contribution < -0.4 is 9.62 Å². The highest BCUT2D eigenvalue weighted by Gasteiger charge is 2.26. The SMILES string of the molecule is Cc1ccc(S(=O)(=O)NCC(C)(O)c2ccccc2)cc1N(C)C. The molecular weight excluding hydrogens is 324 g/mol. The normalized spacial score (nSPS) is 14.2. The number of hydrogen-bond donors (Lipinski definition) is 2. The lowest BCUT2D eigenvalue weighted by Gasteiger charge is -2.24. The third-order valence-electron chi connectivity index (χ3n) is 3.97. The van der Waals surface area contributed by atoms with E-state index in [1.165, 1.54) is 0 Å². The summed E-state index contributed by atoms with van der Waals surface area (Å²) < 4.78 is 27.6. The lowest BCUT2D eigenvalue weighted by atomic mass is 9.97. The summed E-state index contributed by atoms with van der Waals surface area (Å²) in [5.74, 6) is 0. The average Bonchev–Trinajstić information content (AvgIpc) is 2.54. The van der Waals surface area contributed by atoms with Gasteiger partial charge in [-0.05, 0) is 37.1 Å². The van der Waals surface area contributed by atoms with Gasteiger partial charge in [-0.1, -0.05) is 36.4 Å². The first-order valence-electron chi connectivity index (χ1n) is 7.69. The molecule has 0 heterocycles. The van der Waals surface area contributed by atoms with E-state index in [0.29, 0.717) is 5.56 Å². The molecule has 0 fully saturated rings. The third kappa shape index (κ3) is 4.14. The van der Waals surface area contributed by atoms with Crippen LogP contribution in [0.2, 0.25) is 0 Å². The number of nitrogens with one attached hydrogen (secondary N) is 1. The maximum Gasteiger partial charge on any atom is 0.240 e. The number of sulfonamides is 1. The van der Waals surface area contributed by atoms with Gasteiger partial charge in [0, 0.05) is 26.3 Å². The molecule has 0 aliphatic heterocycles. The summed E-state index contributed by atoms with van der Waals surface area (Å²) in [6.07, 6.45) is 0. The molecule has 0 spiro atoms. The Kier molecular flexibility index (Phi) is 5.32. The number of benzene rings is 2. The fourth-order valence-corrected chi connectivity index (χ4v) is 3.61. The van der Waals surface area contributed by atoms with E-state index in [-0.39, 0.29) is 11.4 Å². The van der Waals surface area contributed by atoms with Crippen molar-refractivity contribution in [2.45, 2.75) is 24.3 Å². The molecule has 0 aromatic heterocycles. The monoisotopic (exact) mass is 348 g/mol. The molecule has 2 aromatic carbocycles. The summed E-state index contributed by atoms with van der Waals surface area (Å²) in [5.41, 5.74) is 1.21. The second-order valence-corrected chi connectivity index (χ2v) is 8.07. The maximum absolute atomic E-state index is 12.6. The zero-order chi connectivity index (χ0) is 18.0. The Bertz CT molecular complexity index is 800. The van der Waals surface area contributed by atoms with Gasteiger partial charge in [-0.2, -0.15) is 0 Å². The van der Waals surface area contributed by atoms with Gasteiger partial charge in [-0.25, -0.2) is 13.1 Å². The van der Waals surface area contributed by atoms with Crippen molar-refractivity contribution in [2.75, 3.05) is 25.5 Å². The fourth-order valence-electron chi connectivity index (χ4n) is 2.46. The molecule has 0 amide bonds. The van der Waals surface area contributed by atoms with Crippen LogP contribution in [0.5, 0.6) is 0 Å². The van der Waals surface area contributed by atoms with Gasteiger partial charge in [0.2, 0.25) is 10.0 Å². The highest BCUT2D eigenvalue weighted by molar-refractivity contribution is 7.89. The van der Waals surface area contributed by atoms with Crippen molar-refractivity contribution in [3.8, 4) is 0 Å². The first-order valence-corrected chi connectivity index (χ1v) is 9.17. The molecule has 0 saturated heterocycles. The molecule has 2 aromatic rings. The smallest absolute Gasteiger partial charge is 0.240 e. The van der Waals surface area contributed by atoms with Crippen LogP contribution in [0.4, 0.5) is 5.69 Å². The third-order valence-corrected chi connectivity index (χ3v) is 5.37. The van der Waals surface area contributed by atoms with Crippen molar-refractivity contribution >= 4 is 15.7 Å². The zero-order valence-electron chi connectivity index (χ0n) is 14.4. The van der Waals surface area contributed by atoms with E-state index in [0.717, 1.165) is 11.3 Å². The highest BCUT2D eigenvalue weighted by atomic mass is 32.2. The topological polar surface area (TPSA) is 69.6 Å². The summed E-state index contributed by atoms with van der Waals surface area (Å²) in [7, 11) is 0.0239. The van der Waals surface area contributed by atoms with E-state index >= 15 is 0 Å². The van der Waals surface area contributed by atoms with Crippen LogP contribution in [0.15, 0.2) is 53.4 Å². The Hall–Kier alpha value is -1.89. The van der Waals surface area contributed by atoms with Gasteiger partial charge in [0.05, 0.1) is 4.90 Å². The van der Waals surface area contributed by atoms with E-state index in [9.17, 15) is 13.5 Å². The molecule has 0 saturated carbocycles. The second-order valence-electron chi connectivity index (χ2n) is 6.31. The Balaban J connectivity index is 2.22. The average molecular weight is 348 g/mol. The molecule has 1 atom stereocenters. The van der Waals surface area contributed by atoms with Gasteiger partial charge in [0.15, 0.2) is 0 Å². The minimum absolute atomic E-state index is 0.107. The summed E-state index contributed by atoms with van der Waals surface area (Å²) in [6.45, 7) is 3.41. The highest BCUT2D eigenvalue weighted by Crippen LogP contribution is 2.24. The Labute approximate surface area is 144 Å². The number of nitrogens with zero attached hydrogens (tertiary/aromatic N) is 1. The molecule has 0 radical (unpaired) electrons. The first-order chi connectivity index (χ1) is 11.1. The molecule has 1 unspecified atom stereocenters. The largest absolute Gasteiger partial charge is 0.384 e. The molecule has 5 nitrogen and oxygen atoms in total. The van der Waals surface area contributed by atoms with Crippen LogP contribution in [0.3, 0.4) is 0 Å². The van der Waals surface area contributed by atoms with Crippen molar-refractivity contribution in [1.29, 1.82) is 0 Å². The molecule has 24 heavy (non-hydrogen) atoms. The minimum Gasteiger partial charge on any atom is -0.384 e. The van der Waals surface area contributed by atoms with Gasteiger partial charge >= 0.3 is 0 Å². The van der Waals surface area contributed by atoms with Crippen molar-refractivity contribution in [3.05, 3.63) is 59.7 Å². The summed E-state index contributed by atoms with van der Waals surface area (Å²) in [6, 6.07) is 14.0. The van der Waals surface area contributed by atoms with Crippen LogP contribution in [0, 0.1) is 6.92 Å². The van der Waals surface area contributed by atoms with Crippen LogP contribution in [0.25, 0.3) is 0 Å². The molecular formula is C18H24N2O3S. The maximum atomic E-state index is 12.6. The molecule has 130 valence electrons. The molecule has 2 N–H and O–H groups in total. The van der Waals surface area contributed by atoms with Gasteiger partial charge < -0.3 is 10.0 Å². The van der Waals surface area contributed by atoms with E-state index in [2.05, 4.69) is 4.72 Å². The number of aliphatic hydroxyl groups is 1. The quantitative estimate of drug-likeness (QED) is 0.840. The predicted molar refractivity (Wildman–Crippen MR) is 96.7 cm³/mol. The van der Waals surface area contributed by atoms with Crippen molar-refractivity contribution < 1.29 is 13.5 Å². The zero-order valence-corrected chi connectivity index (χ0v) is 15.3. The number of rotatable bonds is 6. The lowest BCUT2D eigenvalue weighted by molar-refractivity contribution is 0.0627. The van der Waals surface area contributed by atoms with Crippen LogP contribution in [0.1, 0.15) is 18.1 Å². The summed E-state index contributed by atoms with van der Waals surface area (Å²) in [4.78, 5) is 2.05. The summed E-state index contributed by atoms with van der Waals surface area (Å²) in [5, 5.41) is 10.5. The Morgan fingerprint density at radius 3 is 2.33 bits per heavy atom. The summed E-state index contributed by atoms with van der Waals surface area (Å²) >= 11 is 0. The van der Waals surface area contributed by atoms with Gasteiger partial charge in [-0.3, -0.25) is 0 Å². The van der Waals surface area contributed by atoms with E-state index in [1.54, 1.807) is 37.3 Å². The first kappa shape index (κ1) is 18.4. The molecule has 0 aliphatic carbocycles. The van der Waals surface area contributed by atoms with Crippen LogP contribution >= 0.6 is 0 Å². The van der Waals surface area contributed by atoms with Gasteiger partial charge in [0.1, 0.15) is 5.60 Å². The Morgan fingerprint density at radius 2 is 1.75 bits per heavy atom. The minimum atomic E-state index is -3.71. The van der Waals surface area contributed by atoms with Gasteiger partial charge in [-0.15, -0.1) is 0 Å². The fraction of sp³-hybridized carbons (Fsp3) is 0.333. The van der Waals surface area contributed by atoms with E-state index in [1.807, 2.05) is 44.1 Å². The van der Waals surface area contributed by atoms with Crippen LogP contribution in [-0.2, 0) is 15.6 Å². The lowest BCUT2D eigenvalue weighted by Crippen LogP contribution is -2.38. The van der Waals surface area contributed by atoms with E-state index in [4.69, 9.17) is 0 Å². The van der Waals surface area contributed by atoms with Crippen molar-refractivity contribution in [1.82, 2.24) is 4.72 Å². The number of aryl methyl sites for hydroxylation is 1. The molecule has 0 aliphatic rings. The van der Waals surface area contributed by atoms with Gasteiger partial charge in [0.25, 0.3) is 0 Å². The van der Waals surface area contributed by atoms with E-state index < -0.39 is 15.6 Å². The molecule has 0 bridgehead atoms. The molecule has 6 heteroatoms. The number of hydrogen-bond acceptors (Lipinski definition) is 4. The molecule has 2 rings (SSSR count).